The molecular formula is C21H30ClNO12. The summed E-state index contributed by atoms with van der Waals surface area (Å²) >= 11 is 6.04. The molecule has 2 fully saturated rings. The van der Waals surface area contributed by atoms with Crippen molar-refractivity contribution in [2.24, 2.45) is 0 Å². The van der Waals surface area contributed by atoms with Gasteiger partial charge in [0.25, 0.3) is 0 Å². The van der Waals surface area contributed by atoms with Gasteiger partial charge in [-0.3, -0.25) is 4.79 Å². The highest BCUT2D eigenvalue weighted by molar-refractivity contribution is 6.33. The number of nitrogens with one attached hydrogen (secondary N) is 1. The van der Waals surface area contributed by atoms with Crippen LogP contribution in [-0.2, 0) is 30.3 Å². The fourth-order valence-electron chi connectivity index (χ4n) is 3.82. The summed E-state index contributed by atoms with van der Waals surface area (Å²) in [5.41, 5.74) is 0.912. The van der Waals surface area contributed by atoms with E-state index in [0.29, 0.717) is 16.3 Å². The van der Waals surface area contributed by atoms with E-state index in [4.69, 9.17) is 30.5 Å². The van der Waals surface area contributed by atoms with E-state index in [-0.39, 0.29) is 12.5 Å². The summed E-state index contributed by atoms with van der Waals surface area (Å²) in [5, 5.41) is 73.1. The Morgan fingerprint density at radius 3 is 2.20 bits per heavy atom. The number of halogens is 1. The SMILES string of the molecule is CC(=O)Nc1cc(CO[C@@H]2O[C@H](CO)[C@@H](O[C@H]3O[C@H](CO)[C@@H](O)[C@H](O)[C@H]3O)[C@H](O)[C@H]2O)ccc1Cl. The minimum Gasteiger partial charge on any atom is -0.394 e. The summed E-state index contributed by atoms with van der Waals surface area (Å²) in [7, 11) is 0. The number of amides is 1. The van der Waals surface area contributed by atoms with E-state index >= 15 is 0 Å². The number of carbonyl (C=O) groups excluding carboxylic acids is 1. The molecule has 198 valence electrons. The monoisotopic (exact) mass is 523 g/mol. The molecule has 0 spiro atoms. The molecule has 0 radical (unpaired) electrons. The number of rotatable bonds is 8. The molecule has 14 heteroatoms. The molecule has 8 N–H and O–H groups in total. The van der Waals surface area contributed by atoms with Crippen molar-refractivity contribution in [3.63, 3.8) is 0 Å². The predicted molar refractivity (Wildman–Crippen MR) is 117 cm³/mol. The van der Waals surface area contributed by atoms with Crippen molar-refractivity contribution in [2.45, 2.75) is 74.9 Å². The Balaban J connectivity index is 1.66. The van der Waals surface area contributed by atoms with Gasteiger partial charge in [0, 0.05) is 6.92 Å². The second kappa shape index (κ2) is 12.2. The first kappa shape index (κ1) is 28.1. The fourth-order valence-corrected chi connectivity index (χ4v) is 3.98. The number of aliphatic hydroxyl groups excluding tert-OH is 7. The van der Waals surface area contributed by atoms with Crippen LogP contribution in [0, 0.1) is 0 Å². The van der Waals surface area contributed by atoms with Crippen molar-refractivity contribution in [1.82, 2.24) is 0 Å². The fraction of sp³-hybridized carbons (Fsp3) is 0.667. The maximum absolute atomic E-state index is 11.3. The molecule has 0 bridgehead atoms. The molecule has 0 aliphatic carbocycles. The van der Waals surface area contributed by atoms with E-state index < -0.39 is 74.6 Å². The summed E-state index contributed by atoms with van der Waals surface area (Å²) in [6.45, 7) is -0.163. The second-order valence-electron chi connectivity index (χ2n) is 8.31. The maximum atomic E-state index is 11.3. The molecule has 1 amide bonds. The Hall–Kier alpha value is -1.46. The molecular weight excluding hydrogens is 494 g/mol. The van der Waals surface area contributed by atoms with Gasteiger partial charge in [0.2, 0.25) is 5.91 Å². The van der Waals surface area contributed by atoms with E-state index in [2.05, 4.69) is 5.32 Å². The summed E-state index contributed by atoms with van der Waals surface area (Å²) in [4.78, 5) is 11.3. The van der Waals surface area contributed by atoms with Crippen LogP contribution in [0.15, 0.2) is 18.2 Å². The van der Waals surface area contributed by atoms with Gasteiger partial charge >= 0.3 is 0 Å². The van der Waals surface area contributed by atoms with Crippen LogP contribution in [0.3, 0.4) is 0 Å². The molecule has 2 heterocycles. The van der Waals surface area contributed by atoms with Gasteiger partial charge in [0.1, 0.15) is 48.8 Å². The van der Waals surface area contributed by atoms with E-state index in [1.807, 2.05) is 0 Å². The maximum Gasteiger partial charge on any atom is 0.221 e. The largest absolute Gasteiger partial charge is 0.394 e. The van der Waals surface area contributed by atoms with Gasteiger partial charge in [0.15, 0.2) is 12.6 Å². The van der Waals surface area contributed by atoms with Crippen LogP contribution in [0.25, 0.3) is 0 Å². The van der Waals surface area contributed by atoms with Crippen LogP contribution in [0.1, 0.15) is 12.5 Å². The average molecular weight is 524 g/mol. The number of hydrogen-bond donors (Lipinski definition) is 8. The number of ether oxygens (including phenoxy) is 4. The van der Waals surface area contributed by atoms with Gasteiger partial charge in [-0.1, -0.05) is 17.7 Å². The molecule has 3 rings (SSSR count). The molecule has 0 saturated carbocycles. The van der Waals surface area contributed by atoms with Crippen LogP contribution in [0.5, 0.6) is 0 Å². The van der Waals surface area contributed by atoms with E-state index in [1.54, 1.807) is 18.2 Å². The lowest BCUT2D eigenvalue weighted by Gasteiger charge is -2.45. The molecule has 0 aromatic heterocycles. The van der Waals surface area contributed by atoms with Crippen LogP contribution < -0.4 is 5.32 Å². The quantitative estimate of drug-likeness (QED) is 0.177. The van der Waals surface area contributed by atoms with Gasteiger partial charge in [-0.15, -0.1) is 0 Å². The summed E-state index contributed by atoms with van der Waals surface area (Å²) < 4.78 is 21.9. The van der Waals surface area contributed by atoms with E-state index in [0.717, 1.165) is 0 Å². The third-order valence-corrected chi connectivity index (χ3v) is 6.05. The first-order valence-electron chi connectivity index (χ1n) is 10.8. The zero-order valence-corrected chi connectivity index (χ0v) is 19.4. The Bertz CT molecular complexity index is 858. The number of anilines is 1. The van der Waals surface area contributed by atoms with Gasteiger partial charge in [-0.2, -0.15) is 0 Å². The zero-order valence-electron chi connectivity index (χ0n) is 18.7. The highest BCUT2D eigenvalue weighted by atomic mass is 35.5. The topological polar surface area (TPSA) is 208 Å². The molecule has 1 aromatic rings. The second-order valence-corrected chi connectivity index (χ2v) is 8.72. The lowest BCUT2D eigenvalue weighted by Crippen LogP contribution is -2.64. The normalized spacial score (nSPS) is 37.7. The standard InChI is InChI=1S/C21H30ClNO12/c1-8(26)23-11-4-9(2-3-10(11)22)7-32-20-18(31)16(29)19(13(6-25)34-20)35-21-17(30)15(28)14(27)12(5-24)33-21/h2-4,12-21,24-25,27-31H,5-7H2,1H3,(H,23,26)/t12-,13-,14-,15+,16-,17-,18-,19-,20-,21-/m1/s1. The first-order chi connectivity index (χ1) is 16.6. The molecule has 35 heavy (non-hydrogen) atoms. The predicted octanol–water partition coefficient (Wildman–Crippen LogP) is -2.56. The van der Waals surface area contributed by atoms with Crippen molar-refractivity contribution >= 4 is 23.2 Å². The van der Waals surface area contributed by atoms with Crippen molar-refractivity contribution in [3.8, 4) is 0 Å². The number of carbonyl (C=O) groups is 1. The summed E-state index contributed by atoms with van der Waals surface area (Å²) in [6, 6.07) is 4.72. The zero-order chi connectivity index (χ0) is 25.9. The van der Waals surface area contributed by atoms with Gasteiger partial charge < -0.3 is 60.0 Å². The Labute approximate surface area is 205 Å². The van der Waals surface area contributed by atoms with Gasteiger partial charge in [0.05, 0.1) is 30.5 Å². The third-order valence-electron chi connectivity index (χ3n) is 5.72. The number of aliphatic hydroxyl groups is 7. The number of benzene rings is 1. The third kappa shape index (κ3) is 6.46. The first-order valence-corrected chi connectivity index (χ1v) is 11.2. The molecule has 1 aromatic carbocycles. The molecule has 2 aliphatic rings. The highest BCUT2D eigenvalue weighted by Gasteiger charge is 2.50. The summed E-state index contributed by atoms with van der Waals surface area (Å²) in [6.07, 6.45) is -15.4. The Morgan fingerprint density at radius 2 is 1.57 bits per heavy atom. The average Bonchev–Trinajstić information content (AvgIpc) is 2.83. The molecule has 2 saturated heterocycles. The molecule has 10 atom stereocenters. The molecule has 13 nitrogen and oxygen atoms in total. The lowest BCUT2D eigenvalue weighted by molar-refractivity contribution is -0.360. The minimum absolute atomic E-state index is 0.116. The Kier molecular flexibility index (Phi) is 9.79. The number of hydrogen-bond acceptors (Lipinski definition) is 12. The van der Waals surface area contributed by atoms with Crippen LogP contribution in [-0.4, -0.2) is 116 Å². The van der Waals surface area contributed by atoms with Crippen LogP contribution in [0.2, 0.25) is 5.02 Å². The molecule has 0 unspecified atom stereocenters. The van der Waals surface area contributed by atoms with Crippen LogP contribution in [0.4, 0.5) is 5.69 Å². The summed E-state index contributed by atoms with van der Waals surface area (Å²) in [5.74, 6) is -0.324. The van der Waals surface area contributed by atoms with Crippen molar-refractivity contribution in [2.75, 3.05) is 18.5 Å². The lowest BCUT2D eigenvalue weighted by atomic mass is 9.97. The Morgan fingerprint density at radius 1 is 0.943 bits per heavy atom. The van der Waals surface area contributed by atoms with Gasteiger partial charge in [-0.25, -0.2) is 0 Å². The van der Waals surface area contributed by atoms with Crippen molar-refractivity contribution in [3.05, 3.63) is 28.8 Å². The van der Waals surface area contributed by atoms with E-state index in [1.165, 1.54) is 6.92 Å². The van der Waals surface area contributed by atoms with Crippen LogP contribution >= 0.6 is 11.6 Å². The smallest absolute Gasteiger partial charge is 0.221 e. The highest BCUT2D eigenvalue weighted by Crippen LogP contribution is 2.30. The van der Waals surface area contributed by atoms with Gasteiger partial charge in [-0.05, 0) is 17.7 Å². The van der Waals surface area contributed by atoms with E-state index in [9.17, 15) is 40.5 Å². The molecule has 2 aliphatic heterocycles. The minimum atomic E-state index is -1.76. The van der Waals surface area contributed by atoms with Crippen molar-refractivity contribution < 1.29 is 59.5 Å². The van der Waals surface area contributed by atoms with Crippen molar-refractivity contribution in [1.29, 1.82) is 0 Å².